The summed E-state index contributed by atoms with van der Waals surface area (Å²) in [4.78, 5) is 46.8. The molecule has 346 valence electrons. The fraction of sp³-hybridized carbons (Fsp3) is 0.644. The zero-order chi connectivity index (χ0) is 46.3. The van der Waals surface area contributed by atoms with Crippen LogP contribution < -0.4 is 10.1 Å². The zero-order valence-electron chi connectivity index (χ0n) is 37.7. The van der Waals surface area contributed by atoms with Crippen LogP contribution in [0.4, 0.5) is 42.0 Å². The molecule has 3 atom stereocenters. The Morgan fingerprint density at radius 2 is 1.41 bits per heavy atom. The molecule has 63 heavy (non-hydrogen) atoms. The van der Waals surface area contributed by atoms with Gasteiger partial charge in [0.25, 0.3) is 0 Å². The number of carbonyl (C=O) groups excluding carboxylic acids is 3. The molecule has 4 heterocycles. The maximum Gasteiger partial charge on any atom is 0.573 e. The van der Waals surface area contributed by atoms with E-state index in [-0.39, 0.29) is 54.3 Å². The summed E-state index contributed by atoms with van der Waals surface area (Å²) >= 11 is 0. The summed E-state index contributed by atoms with van der Waals surface area (Å²) in [6.07, 6.45) is -5.79. The van der Waals surface area contributed by atoms with Gasteiger partial charge in [-0.15, -0.1) is 13.2 Å². The number of nitrogens with zero attached hydrogens (tertiary/aromatic N) is 4. The fourth-order valence-corrected chi connectivity index (χ4v) is 8.77. The number of benzene rings is 1. The average Bonchev–Trinajstić information content (AvgIpc) is 3.89. The molecule has 2 aliphatic carbocycles. The van der Waals surface area contributed by atoms with E-state index in [0.29, 0.717) is 61.7 Å². The molecule has 0 spiro atoms. The molecule has 3 aromatic rings. The van der Waals surface area contributed by atoms with E-state index in [0.717, 1.165) is 11.6 Å². The molecule has 2 aliphatic heterocycles. The minimum Gasteiger partial charge on any atom is -0.444 e. The minimum absolute atomic E-state index is 0.0112. The summed E-state index contributed by atoms with van der Waals surface area (Å²) in [7, 11) is 0. The van der Waals surface area contributed by atoms with Crippen molar-refractivity contribution in [2.45, 2.75) is 149 Å². The number of likely N-dealkylation sites (tertiary alicyclic amines) is 2. The molecule has 1 N–H and O–H groups in total. The molecule has 2 aromatic heterocycles. The molecule has 7 rings (SSSR count). The van der Waals surface area contributed by atoms with Gasteiger partial charge in [0.1, 0.15) is 22.5 Å². The number of alkyl halides is 3. The zero-order valence-corrected chi connectivity index (χ0v) is 37.7. The number of hydrogen-bond acceptors (Lipinski definition) is 9. The Morgan fingerprint density at radius 3 is 1.95 bits per heavy atom. The van der Waals surface area contributed by atoms with Crippen LogP contribution in [0.2, 0.25) is 0 Å². The summed E-state index contributed by atoms with van der Waals surface area (Å²) in [6.45, 7) is 20.7. The Labute approximate surface area is 363 Å². The number of hydrogen-bond donors (Lipinski definition) is 1. The molecule has 13 nitrogen and oxygen atoms in total. The lowest BCUT2D eigenvalue weighted by molar-refractivity contribution is -0.275. The molecule has 2 saturated carbocycles. The molecular formula is C45H58F5N5O8. The average molecular weight is 892 g/mol. The number of pyridine rings is 1. The summed E-state index contributed by atoms with van der Waals surface area (Å²) in [5.74, 6) is -4.45. The molecule has 18 heteroatoms. The van der Waals surface area contributed by atoms with Gasteiger partial charge < -0.3 is 38.1 Å². The lowest BCUT2D eigenvalue weighted by Gasteiger charge is -2.26. The van der Waals surface area contributed by atoms with Gasteiger partial charge in [0, 0.05) is 48.5 Å². The predicted octanol–water partition coefficient (Wildman–Crippen LogP) is 10.8. The van der Waals surface area contributed by atoms with E-state index >= 15 is 8.78 Å². The fourth-order valence-electron chi connectivity index (χ4n) is 8.77. The van der Waals surface area contributed by atoms with Gasteiger partial charge in [-0.05, 0) is 117 Å². The number of ether oxygens (including phenoxy) is 5. The molecule has 3 unspecified atom stereocenters. The standard InChI is InChI=1S/C45H58F5N5O8/c1-22(2)35-33-32(31-27-19-54(20-28(27)31)41(58)63-44(9,10)11)30(21-59-25-14-15-53(18-25)40(57)62-43(6,7)8)55(24-12-13-24)37(33)34(47)36(52-35)26-16-23(51-39(56)61-42(3,4)5)17-29(46)38(26)60-45(48,49)50/h16-17,22,24-25,27-28,31H,12-15,18-21H2,1-11H3,(H,51,56). The van der Waals surface area contributed by atoms with Crippen LogP contribution in [0.15, 0.2) is 12.1 Å². The number of piperidine rings is 1. The lowest BCUT2D eigenvalue weighted by Crippen LogP contribution is -2.37. The first-order valence-electron chi connectivity index (χ1n) is 21.5. The Kier molecular flexibility index (Phi) is 11.9. The number of fused-ring (bicyclic) bond motifs is 2. The number of carbonyl (C=O) groups is 3. The molecule has 3 amide bonds. The van der Waals surface area contributed by atoms with Crippen molar-refractivity contribution in [3.8, 4) is 17.0 Å². The van der Waals surface area contributed by atoms with Crippen LogP contribution in [0.5, 0.6) is 5.75 Å². The topological polar surface area (TPSA) is 134 Å². The third kappa shape index (κ3) is 10.3. The van der Waals surface area contributed by atoms with E-state index in [1.807, 2.05) is 18.4 Å². The van der Waals surface area contributed by atoms with Gasteiger partial charge in [-0.3, -0.25) is 5.32 Å². The van der Waals surface area contributed by atoms with Crippen LogP contribution in [0.3, 0.4) is 0 Å². The highest BCUT2D eigenvalue weighted by atomic mass is 19.4. The highest BCUT2D eigenvalue weighted by Crippen LogP contribution is 2.62. The van der Waals surface area contributed by atoms with Crippen molar-refractivity contribution in [2.75, 3.05) is 31.5 Å². The number of anilines is 1. The number of halogens is 5. The second-order valence-corrected chi connectivity index (χ2v) is 20.4. The van der Waals surface area contributed by atoms with E-state index in [1.54, 1.807) is 72.1 Å². The van der Waals surface area contributed by atoms with E-state index in [1.165, 1.54) is 0 Å². The van der Waals surface area contributed by atoms with Crippen molar-refractivity contribution in [1.29, 1.82) is 0 Å². The molecule has 0 radical (unpaired) electrons. The van der Waals surface area contributed by atoms with Gasteiger partial charge in [-0.1, -0.05) is 13.8 Å². The third-order valence-corrected chi connectivity index (χ3v) is 11.3. The van der Waals surface area contributed by atoms with Crippen LogP contribution in [0.25, 0.3) is 22.2 Å². The van der Waals surface area contributed by atoms with E-state index in [4.69, 9.17) is 23.9 Å². The van der Waals surface area contributed by atoms with Crippen molar-refractivity contribution in [3.05, 3.63) is 40.7 Å². The Balaban J connectivity index is 1.37. The van der Waals surface area contributed by atoms with Gasteiger partial charge in [-0.25, -0.2) is 28.1 Å². The summed E-state index contributed by atoms with van der Waals surface area (Å²) in [6, 6.07) is 1.41. The quantitative estimate of drug-likeness (QED) is 0.165. The monoisotopic (exact) mass is 891 g/mol. The van der Waals surface area contributed by atoms with Gasteiger partial charge in [0.05, 0.1) is 36.0 Å². The number of amides is 3. The number of nitrogens with one attached hydrogen (secondary N) is 1. The van der Waals surface area contributed by atoms with Crippen LogP contribution in [-0.2, 0) is 25.6 Å². The highest BCUT2D eigenvalue weighted by molar-refractivity contribution is 5.94. The first-order valence-corrected chi connectivity index (χ1v) is 21.5. The van der Waals surface area contributed by atoms with Crippen LogP contribution in [-0.4, -0.2) is 93.1 Å². The number of aromatic nitrogens is 2. The lowest BCUT2D eigenvalue weighted by atomic mass is 9.95. The molecule has 0 bridgehead atoms. The van der Waals surface area contributed by atoms with Crippen LogP contribution >= 0.6 is 0 Å². The first kappa shape index (κ1) is 46.1. The maximum absolute atomic E-state index is 17.9. The summed E-state index contributed by atoms with van der Waals surface area (Å²) < 4.78 is 105. The van der Waals surface area contributed by atoms with Gasteiger partial charge >= 0.3 is 24.6 Å². The van der Waals surface area contributed by atoms with Crippen LogP contribution in [0, 0.1) is 23.5 Å². The van der Waals surface area contributed by atoms with Gasteiger partial charge in [0.2, 0.25) is 0 Å². The minimum atomic E-state index is -5.38. The van der Waals surface area contributed by atoms with Crippen molar-refractivity contribution in [1.82, 2.24) is 19.4 Å². The highest BCUT2D eigenvalue weighted by Gasteiger charge is 2.60. The van der Waals surface area contributed by atoms with Gasteiger partial charge in [0.15, 0.2) is 17.4 Å². The Bertz CT molecular complexity index is 2280. The second kappa shape index (κ2) is 16.3. The van der Waals surface area contributed by atoms with Crippen molar-refractivity contribution in [3.63, 3.8) is 0 Å². The van der Waals surface area contributed by atoms with Crippen molar-refractivity contribution >= 4 is 34.9 Å². The predicted molar refractivity (Wildman–Crippen MR) is 223 cm³/mol. The molecule has 4 aliphatic rings. The molecule has 2 saturated heterocycles. The largest absolute Gasteiger partial charge is 0.573 e. The Hall–Kier alpha value is -4.87. The molecule has 4 fully saturated rings. The van der Waals surface area contributed by atoms with Crippen molar-refractivity contribution < 1.29 is 60.0 Å². The SMILES string of the molecule is CC(C)c1nc(-c2cc(NC(=O)OC(C)(C)C)cc(F)c2OC(F)(F)F)c(F)c2c1c(C1C3CN(C(=O)OC(C)(C)C)CC31)c(COC1CCN(C(=O)OC(C)(C)C)C1)n2C1CC1. The first-order chi connectivity index (χ1) is 29.1. The smallest absolute Gasteiger partial charge is 0.444 e. The summed E-state index contributed by atoms with van der Waals surface area (Å²) in [5, 5.41) is 2.83. The van der Waals surface area contributed by atoms with E-state index < -0.39 is 76.0 Å². The van der Waals surface area contributed by atoms with E-state index in [9.17, 15) is 27.6 Å². The normalized spacial score (nSPS) is 21.5. The van der Waals surface area contributed by atoms with Crippen molar-refractivity contribution in [2.24, 2.45) is 11.8 Å². The summed E-state index contributed by atoms with van der Waals surface area (Å²) in [5.41, 5.74) is -2.05. The second-order valence-electron chi connectivity index (χ2n) is 20.4. The number of rotatable bonds is 9. The molecular weight excluding hydrogens is 834 g/mol. The Morgan fingerprint density at radius 1 is 0.825 bits per heavy atom. The molecule has 1 aromatic carbocycles. The van der Waals surface area contributed by atoms with Gasteiger partial charge in [-0.2, -0.15) is 0 Å². The van der Waals surface area contributed by atoms with E-state index in [2.05, 4.69) is 10.1 Å². The maximum atomic E-state index is 17.9. The van der Waals surface area contributed by atoms with Crippen LogP contribution in [0.1, 0.15) is 130 Å². The third-order valence-electron chi connectivity index (χ3n) is 11.3.